The summed E-state index contributed by atoms with van der Waals surface area (Å²) in [6, 6.07) is 13.9. The highest BCUT2D eigenvalue weighted by Crippen LogP contribution is 2.29. The summed E-state index contributed by atoms with van der Waals surface area (Å²) in [5, 5.41) is 3.34. The summed E-state index contributed by atoms with van der Waals surface area (Å²) in [7, 11) is 0. The summed E-state index contributed by atoms with van der Waals surface area (Å²) >= 11 is 0. The van der Waals surface area contributed by atoms with Gasteiger partial charge in [0.1, 0.15) is 0 Å². The number of pyridine rings is 1. The van der Waals surface area contributed by atoms with E-state index in [0.717, 1.165) is 42.7 Å². The average molecular weight is 461 g/mol. The predicted octanol–water partition coefficient (Wildman–Crippen LogP) is 3.29. The molecule has 4 rings (SSSR count). The fraction of sp³-hybridized carbons (Fsp3) is 0.308. The molecule has 0 aliphatic carbocycles. The Balaban J connectivity index is 1.61. The largest absolute Gasteiger partial charge is 0.449 e. The first-order valence-electron chi connectivity index (χ1n) is 11.4. The highest BCUT2D eigenvalue weighted by Gasteiger charge is 2.28. The van der Waals surface area contributed by atoms with Crippen LogP contribution >= 0.6 is 0 Å². The number of para-hydroxylation sites is 2. The Kier molecular flexibility index (Phi) is 6.88. The molecule has 1 atom stereocenters. The summed E-state index contributed by atoms with van der Waals surface area (Å²) in [4.78, 5) is 44.9. The van der Waals surface area contributed by atoms with E-state index in [0.29, 0.717) is 17.5 Å². The summed E-state index contributed by atoms with van der Waals surface area (Å²) in [5.41, 5.74) is 8.77. The molecule has 8 heteroatoms. The molecule has 0 radical (unpaired) electrons. The molecule has 0 spiro atoms. The second-order valence-corrected chi connectivity index (χ2v) is 8.40. The monoisotopic (exact) mass is 460 g/mol. The number of primary amides is 1. The number of nitrogens with one attached hydrogen (secondary N) is 1. The summed E-state index contributed by atoms with van der Waals surface area (Å²) < 4.78 is 5.63. The third kappa shape index (κ3) is 4.77. The molecule has 1 aromatic heterocycles. The summed E-state index contributed by atoms with van der Waals surface area (Å²) in [6.45, 7) is 6.05. The number of fused-ring (bicyclic) bond motifs is 2. The fourth-order valence-corrected chi connectivity index (χ4v) is 4.30. The van der Waals surface area contributed by atoms with Gasteiger partial charge in [0.15, 0.2) is 6.10 Å². The third-order valence-electron chi connectivity index (χ3n) is 5.97. The number of nitrogens with zero attached hydrogens (tertiary/aromatic N) is 2. The van der Waals surface area contributed by atoms with E-state index in [-0.39, 0.29) is 11.3 Å². The maximum absolute atomic E-state index is 13.4. The first-order valence-corrected chi connectivity index (χ1v) is 11.4. The lowest BCUT2D eigenvalue weighted by Crippen LogP contribution is -2.34. The van der Waals surface area contributed by atoms with Crippen LogP contribution in [0.5, 0.6) is 0 Å². The minimum atomic E-state index is -1.09. The smallest absolute Gasteiger partial charge is 0.339 e. The third-order valence-corrected chi connectivity index (χ3v) is 5.97. The SMILES string of the molecule is CCCN1CCc2nc3ccccc3c(C(=O)OC(C)C(=O)Nc3ccccc3C(N)=O)c2C1. The Morgan fingerprint density at radius 3 is 2.65 bits per heavy atom. The summed E-state index contributed by atoms with van der Waals surface area (Å²) in [6.07, 6.45) is 0.673. The van der Waals surface area contributed by atoms with Crippen molar-refractivity contribution in [3.8, 4) is 0 Å². The minimum absolute atomic E-state index is 0.180. The van der Waals surface area contributed by atoms with Crippen LogP contribution in [0.15, 0.2) is 48.5 Å². The van der Waals surface area contributed by atoms with E-state index in [1.807, 2.05) is 24.3 Å². The van der Waals surface area contributed by atoms with Gasteiger partial charge >= 0.3 is 5.97 Å². The van der Waals surface area contributed by atoms with E-state index in [4.69, 9.17) is 15.5 Å². The molecule has 176 valence electrons. The number of amides is 2. The maximum Gasteiger partial charge on any atom is 0.339 e. The van der Waals surface area contributed by atoms with Gasteiger partial charge in [0, 0.05) is 36.2 Å². The van der Waals surface area contributed by atoms with Gasteiger partial charge in [-0.2, -0.15) is 0 Å². The molecule has 3 aromatic rings. The van der Waals surface area contributed by atoms with E-state index in [1.54, 1.807) is 18.2 Å². The molecule has 1 unspecified atom stereocenters. The first-order chi connectivity index (χ1) is 16.4. The zero-order chi connectivity index (χ0) is 24.2. The van der Waals surface area contributed by atoms with Crippen molar-refractivity contribution in [3.63, 3.8) is 0 Å². The number of ether oxygens (including phenoxy) is 1. The van der Waals surface area contributed by atoms with Gasteiger partial charge in [0.25, 0.3) is 11.8 Å². The van der Waals surface area contributed by atoms with Crippen molar-refractivity contribution in [2.45, 2.75) is 39.3 Å². The maximum atomic E-state index is 13.4. The molecule has 34 heavy (non-hydrogen) atoms. The van der Waals surface area contributed by atoms with Crippen LogP contribution in [0.4, 0.5) is 5.69 Å². The number of hydrogen-bond acceptors (Lipinski definition) is 6. The predicted molar refractivity (Wildman–Crippen MR) is 129 cm³/mol. The van der Waals surface area contributed by atoms with Gasteiger partial charge in [0.2, 0.25) is 0 Å². The van der Waals surface area contributed by atoms with E-state index in [2.05, 4.69) is 17.1 Å². The van der Waals surface area contributed by atoms with E-state index < -0.39 is 23.9 Å². The van der Waals surface area contributed by atoms with Gasteiger partial charge in [-0.15, -0.1) is 0 Å². The number of anilines is 1. The van der Waals surface area contributed by atoms with Crippen LogP contribution in [0.25, 0.3) is 10.9 Å². The Morgan fingerprint density at radius 2 is 1.88 bits per heavy atom. The van der Waals surface area contributed by atoms with Crippen molar-refractivity contribution in [1.82, 2.24) is 9.88 Å². The van der Waals surface area contributed by atoms with Crippen LogP contribution in [0.2, 0.25) is 0 Å². The Morgan fingerprint density at radius 1 is 1.15 bits per heavy atom. The minimum Gasteiger partial charge on any atom is -0.449 e. The van der Waals surface area contributed by atoms with Crippen LogP contribution in [-0.2, 0) is 22.5 Å². The van der Waals surface area contributed by atoms with Crippen LogP contribution in [-0.4, -0.2) is 46.9 Å². The van der Waals surface area contributed by atoms with Gasteiger partial charge in [-0.25, -0.2) is 4.79 Å². The number of aromatic nitrogens is 1. The van der Waals surface area contributed by atoms with Crippen molar-refractivity contribution in [3.05, 3.63) is 70.9 Å². The van der Waals surface area contributed by atoms with E-state index in [1.165, 1.54) is 13.0 Å². The zero-order valence-electron chi connectivity index (χ0n) is 19.3. The van der Waals surface area contributed by atoms with Crippen LogP contribution in [0, 0.1) is 0 Å². The average Bonchev–Trinajstić information content (AvgIpc) is 2.82. The van der Waals surface area contributed by atoms with Crippen LogP contribution in [0.3, 0.4) is 0 Å². The Labute approximate surface area is 198 Å². The fourth-order valence-electron chi connectivity index (χ4n) is 4.30. The van der Waals surface area contributed by atoms with Gasteiger partial charge in [-0.05, 0) is 38.1 Å². The van der Waals surface area contributed by atoms with Gasteiger partial charge in [-0.3, -0.25) is 19.5 Å². The van der Waals surface area contributed by atoms with Crippen molar-refractivity contribution in [2.24, 2.45) is 5.73 Å². The molecule has 0 saturated heterocycles. The van der Waals surface area contributed by atoms with Gasteiger partial charge in [-0.1, -0.05) is 37.3 Å². The first kappa shape index (κ1) is 23.4. The van der Waals surface area contributed by atoms with E-state index in [9.17, 15) is 14.4 Å². The highest BCUT2D eigenvalue weighted by molar-refractivity contribution is 6.07. The molecule has 0 bridgehead atoms. The number of nitrogens with two attached hydrogens (primary N) is 1. The van der Waals surface area contributed by atoms with Crippen LogP contribution < -0.4 is 11.1 Å². The molecule has 2 amide bonds. The van der Waals surface area contributed by atoms with Crippen molar-refractivity contribution in [2.75, 3.05) is 18.4 Å². The standard InChI is InChI=1S/C26H28N4O4/c1-3-13-30-14-12-22-19(15-30)23(17-8-4-6-10-20(17)28-22)26(33)34-16(2)25(32)29-21-11-7-5-9-18(21)24(27)31/h4-11,16H,3,12-15H2,1-2H3,(H2,27,31)(H,29,32). The number of benzene rings is 2. The molecule has 0 saturated carbocycles. The second kappa shape index (κ2) is 10.0. The molecule has 2 aromatic carbocycles. The number of carbonyl (C=O) groups is 3. The molecule has 0 fully saturated rings. The van der Waals surface area contributed by atoms with Gasteiger partial charge < -0.3 is 15.8 Å². The Bertz CT molecular complexity index is 1260. The van der Waals surface area contributed by atoms with Crippen molar-refractivity contribution in [1.29, 1.82) is 0 Å². The van der Waals surface area contributed by atoms with Crippen LogP contribution in [0.1, 0.15) is 52.2 Å². The number of esters is 1. The summed E-state index contributed by atoms with van der Waals surface area (Å²) in [5.74, 6) is -1.78. The molecular weight excluding hydrogens is 432 g/mol. The normalized spacial score (nSPS) is 14.3. The zero-order valence-corrected chi connectivity index (χ0v) is 19.3. The highest BCUT2D eigenvalue weighted by atomic mass is 16.5. The molecule has 1 aliphatic heterocycles. The quantitative estimate of drug-likeness (QED) is 0.523. The lowest BCUT2D eigenvalue weighted by Gasteiger charge is -2.29. The molecule has 2 heterocycles. The number of hydrogen-bond donors (Lipinski definition) is 2. The van der Waals surface area contributed by atoms with Crippen molar-refractivity contribution >= 4 is 34.4 Å². The lowest BCUT2D eigenvalue weighted by molar-refractivity contribution is -0.123. The molecule has 3 N–H and O–H groups in total. The molecule has 8 nitrogen and oxygen atoms in total. The lowest BCUT2D eigenvalue weighted by atomic mass is 9.95. The van der Waals surface area contributed by atoms with Gasteiger partial charge in [0.05, 0.1) is 22.3 Å². The van der Waals surface area contributed by atoms with Crippen molar-refractivity contribution < 1.29 is 19.1 Å². The molecule has 1 aliphatic rings. The number of carbonyl (C=O) groups excluding carboxylic acids is 3. The molecular formula is C26H28N4O4. The number of rotatable bonds is 7. The topological polar surface area (TPSA) is 115 Å². The second-order valence-electron chi connectivity index (χ2n) is 8.40. The van der Waals surface area contributed by atoms with E-state index >= 15 is 0 Å². The Hall–Kier alpha value is -3.78.